The average Bonchev–Trinajstić information content (AvgIpc) is 3.32. The lowest BCUT2D eigenvalue weighted by Crippen LogP contribution is -2.37. The van der Waals surface area contributed by atoms with E-state index in [0.29, 0.717) is 5.69 Å². The van der Waals surface area contributed by atoms with Crippen LogP contribution in [0.3, 0.4) is 0 Å². The monoisotopic (exact) mass is 875 g/mol. The Hall–Kier alpha value is -7.19. The Balaban J connectivity index is 0.955. The van der Waals surface area contributed by atoms with Crippen LogP contribution in [0.5, 0.6) is 0 Å². The number of benzene rings is 8. The van der Waals surface area contributed by atoms with Crippen LogP contribution in [0, 0.1) is 6.57 Å². The van der Waals surface area contributed by atoms with E-state index >= 15 is 0 Å². The molecule has 0 saturated heterocycles. The van der Waals surface area contributed by atoms with Gasteiger partial charge < -0.3 is 9.80 Å². The maximum atomic E-state index is 7.44. The smallest absolute Gasteiger partial charge is 0.187 e. The van der Waals surface area contributed by atoms with Crippen molar-refractivity contribution in [3.63, 3.8) is 0 Å². The molecule has 0 heterocycles. The molecule has 0 N–H and O–H groups in total. The number of hydrogen-bond acceptors (Lipinski definition) is 2. The molecule has 66 heavy (non-hydrogen) atoms. The van der Waals surface area contributed by atoms with Gasteiger partial charge in [-0.2, -0.15) is 0 Å². The lowest BCUT2D eigenvalue weighted by Gasteiger charge is -2.28. The summed E-state index contributed by atoms with van der Waals surface area (Å²) in [5, 5.41) is 1.43. The van der Waals surface area contributed by atoms with Crippen LogP contribution in [-0.2, 0) is 10.8 Å². The number of rotatable bonds is 11. The van der Waals surface area contributed by atoms with Crippen molar-refractivity contribution in [1.82, 2.24) is 0 Å². The predicted molar refractivity (Wildman–Crippen MR) is 289 cm³/mol. The Kier molecular flexibility index (Phi) is 12.9. The summed E-state index contributed by atoms with van der Waals surface area (Å²) in [6, 6.07) is 70.1. The normalized spacial score (nSPS) is 11.9. The Morgan fingerprint density at radius 2 is 0.621 bits per heavy atom. The molecule has 0 bridgehead atoms. The predicted octanol–water partition coefficient (Wildman–Crippen LogP) is 17.8. The highest BCUT2D eigenvalue weighted by molar-refractivity contribution is 6.88. The average molecular weight is 876 g/mol. The molecular weight excluding hydrogens is 815 g/mol. The highest BCUT2D eigenvalue weighted by Crippen LogP contribution is 2.39. The van der Waals surface area contributed by atoms with Crippen LogP contribution >= 0.6 is 0 Å². The molecule has 0 spiro atoms. The van der Waals surface area contributed by atoms with Crippen LogP contribution in [0.1, 0.15) is 63.8 Å². The van der Waals surface area contributed by atoms with E-state index in [1.807, 2.05) is 24.3 Å². The molecule has 8 aromatic rings. The van der Waals surface area contributed by atoms with E-state index in [1.165, 1.54) is 33.0 Å². The minimum Gasteiger partial charge on any atom is -0.311 e. The lowest BCUT2D eigenvalue weighted by atomic mass is 9.86. The quantitative estimate of drug-likeness (QED) is 0.0728. The van der Waals surface area contributed by atoms with Crippen LogP contribution < -0.4 is 15.0 Å². The van der Waals surface area contributed by atoms with E-state index in [0.717, 1.165) is 50.8 Å². The van der Waals surface area contributed by atoms with Crippen LogP contribution in [0.15, 0.2) is 194 Å². The van der Waals surface area contributed by atoms with Gasteiger partial charge in [-0.1, -0.05) is 200 Å². The topological polar surface area (TPSA) is 10.8 Å². The third-order valence-electron chi connectivity index (χ3n) is 12.4. The second kappa shape index (κ2) is 18.7. The SMILES string of the molecule is [C-]#[N+]c1ccc(N(c2ccc(-c3ccc(/C=C/c4ccc(-c5ccc(N(c6ccc(C(C)(C)C)cc6)c6ccc(C(C)(C)C)cc6)cc5)cc4)cc3)cc2)c2ccc([Si](C)(C)C)cc2)cc1. The molecule has 0 radical (unpaired) electrons. The molecule has 0 unspecified atom stereocenters. The fourth-order valence-electron chi connectivity index (χ4n) is 8.27. The zero-order valence-corrected chi connectivity index (χ0v) is 41.0. The fraction of sp³-hybridized carbons (Fsp3) is 0.177. The maximum Gasteiger partial charge on any atom is 0.187 e. The first-order valence-corrected chi connectivity index (χ1v) is 26.5. The third-order valence-corrected chi connectivity index (χ3v) is 14.5. The summed E-state index contributed by atoms with van der Waals surface area (Å²) in [5.74, 6) is 0. The van der Waals surface area contributed by atoms with Crippen LogP contribution in [0.25, 0.3) is 39.3 Å². The summed E-state index contributed by atoms with van der Waals surface area (Å²) in [6.45, 7) is 28.1. The van der Waals surface area contributed by atoms with Crippen molar-refractivity contribution in [1.29, 1.82) is 0 Å². The van der Waals surface area contributed by atoms with Crippen LogP contribution in [0.4, 0.5) is 39.8 Å². The van der Waals surface area contributed by atoms with E-state index in [2.05, 4.69) is 258 Å². The molecule has 4 heteroatoms. The maximum absolute atomic E-state index is 7.44. The molecule has 0 amide bonds. The van der Waals surface area contributed by atoms with Gasteiger partial charge in [0.25, 0.3) is 0 Å². The second-order valence-electron chi connectivity index (χ2n) is 20.4. The van der Waals surface area contributed by atoms with E-state index in [-0.39, 0.29) is 10.8 Å². The first-order chi connectivity index (χ1) is 31.5. The molecule has 8 aromatic carbocycles. The zero-order chi connectivity index (χ0) is 46.6. The molecule has 0 aliphatic rings. The largest absolute Gasteiger partial charge is 0.311 e. The van der Waals surface area contributed by atoms with E-state index < -0.39 is 8.07 Å². The standard InChI is InChI=1S/C62H61N3Si/c1-61(2,3)51-25-35-56(36-26-51)64(57-37-27-52(28-38-57)62(4,5)6)54-31-21-49(22-32-54)47-17-13-45(14-18-47)11-12-46-15-19-48(20-16-46)50-23-33-55(34-24-50)65(58-39-29-53(63-7)30-40-58)59-41-43-60(44-42-59)66(8,9)10/h11-44H,1-6,8-10H3/b12-11+. The van der Waals surface area contributed by atoms with Gasteiger partial charge in [0.15, 0.2) is 5.69 Å². The second-order valence-corrected chi connectivity index (χ2v) is 25.4. The molecular formula is C62H61N3Si. The summed E-state index contributed by atoms with van der Waals surface area (Å²) in [7, 11) is -1.43. The first kappa shape index (κ1) is 45.4. The zero-order valence-electron chi connectivity index (χ0n) is 40.0. The molecule has 0 atom stereocenters. The molecule has 3 nitrogen and oxygen atoms in total. The molecule has 328 valence electrons. The number of hydrogen-bond donors (Lipinski definition) is 0. The van der Waals surface area contributed by atoms with Crippen molar-refractivity contribution in [3.8, 4) is 22.3 Å². The highest BCUT2D eigenvalue weighted by atomic mass is 28.3. The Morgan fingerprint density at radius 1 is 0.364 bits per heavy atom. The summed E-state index contributed by atoms with van der Waals surface area (Å²) in [6.07, 6.45) is 4.36. The summed E-state index contributed by atoms with van der Waals surface area (Å²) >= 11 is 0. The lowest BCUT2D eigenvalue weighted by molar-refractivity contribution is 0.590. The van der Waals surface area contributed by atoms with E-state index in [4.69, 9.17) is 6.57 Å². The third kappa shape index (κ3) is 10.5. The number of anilines is 6. The van der Waals surface area contributed by atoms with Gasteiger partial charge >= 0.3 is 0 Å². The number of nitrogens with zero attached hydrogens (tertiary/aromatic N) is 3. The van der Waals surface area contributed by atoms with Gasteiger partial charge in [-0.05, 0) is 128 Å². The fourth-order valence-corrected chi connectivity index (χ4v) is 9.44. The summed E-state index contributed by atoms with van der Waals surface area (Å²) in [5.41, 5.74) is 17.1. The van der Waals surface area contributed by atoms with Crippen molar-refractivity contribution in [2.45, 2.75) is 72.0 Å². The van der Waals surface area contributed by atoms with Crippen molar-refractivity contribution < 1.29 is 0 Å². The van der Waals surface area contributed by atoms with E-state index in [1.54, 1.807) is 0 Å². The Bertz CT molecular complexity index is 2880. The van der Waals surface area contributed by atoms with Crippen molar-refractivity contribution >= 4 is 65.2 Å². The van der Waals surface area contributed by atoms with Crippen LogP contribution in [-0.4, -0.2) is 8.07 Å². The van der Waals surface area contributed by atoms with Gasteiger partial charge in [-0.15, -0.1) is 0 Å². The van der Waals surface area contributed by atoms with Gasteiger partial charge in [-0.25, -0.2) is 4.85 Å². The van der Waals surface area contributed by atoms with Gasteiger partial charge in [0, 0.05) is 34.1 Å². The molecule has 0 aliphatic carbocycles. The van der Waals surface area contributed by atoms with Crippen molar-refractivity contribution in [3.05, 3.63) is 228 Å². The molecule has 0 fully saturated rings. The Labute approximate surface area is 395 Å². The summed E-state index contributed by atoms with van der Waals surface area (Å²) < 4.78 is 0. The Morgan fingerprint density at radius 3 is 0.894 bits per heavy atom. The molecule has 0 aliphatic heterocycles. The summed E-state index contributed by atoms with van der Waals surface area (Å²) in [4.78, 5) is 8.22. The van der Waals surface area contributed by atoms with Gasteiger partial charge in [0.05, 0.1) is 14.6 Å². The van der Waals surface area contributed by atoms with Crippen molar-refractivity contribution in [2.24, 2.45) is 0 Å². The minimum absolute atomic E-state index is 0.0916. The van der Waals surface area contributed by atoms with Gasteiger partial charge in [-0.3, -0.25) is 0 Å². The molecule has 0 saturated carbocycles. The van der Waals surface area contributed by atoms with Gasteiger partial charge in [0.1, 0.15) is 0 Å². The minimum atomic E-state index is -1.43. The first-order valence-electron chi connectivity index (χ1n) is 23.0. The van der Waals surface area contributed by atoms with E-state index in [9.17, 15) is 0 Å². The molecule has 0 aromatic heterocycles. The van der Waals surface area contributed by atoms with Gasteiger partial charge in [0.2, 0.25) is 0 Å². The highest BCUT2D eigenvalue weighted by Gasteiger charge is 2.20. The van der Waals surface area contributed by atoms with Crippen LogP contribution in [0.2, 0.25) is 19.6 Å². The molecule has 8 rings (SSSR count). The van der Waals surface area contributed by atoms with Crippen molar-refractivity contribution in [2.75, 3.05) is 9.80 Å².